The molecule has 1 aromatic carbocycles. The minimum Gasteiger partial charge on any atom is -0.490 e. The molecule has 1 saturated heterocycles. The van der Waals surface area contributed by atoms with E-state index in [-0.39, 0.29) is 18.0 Å². The van der Waals surface area contributed by atoms with E-state index in [4.69, 9.17) is 14.5 Å². The van der Waals surface area contributed by atoms with Crippen molar-refractivity contribution >= 4 is 16.9 Å². The normalized spacial score (nSPS) is 18.0. The number of amides is 1. The van der Waals surface area contributed by atoms with Gasteiger partial charge in [-0.25, -0.2) is 9.67 Å². The van der Waals surface area contributed by atoms with Crippen molar-refractivity contribution in [1.29, 1.82) is 0 Å². The number of ether oxygens (including phenoxy) is 2. The van der Waals surface area contributed by atoms with Crippen LogP contribution in [0.25, 0.3) is 11.0 Å². The van der Waals surface area contributed by atoms with Gasteiger partial charge in [0.2, 0.25) is 5.91 Å². The number of hydrogen-bond donors (Lipinski definition) is 0. The summed E-state index contributed by atoms with van der Waals surface area (Å²) in [6, 6.07) is 6.49. The fraction of sp³-hybridized carbons (Fsp3) is 0.519. The van der Waals surface area contributed by atoms with Crippen molar-refractivity contribution in [1.82, 2.24) is 19.7 Å². The van der Waals surface area contributed by atoms with Crippen LogP contribution in [0.15, 0.2) is 24.4 Å². The highest BCUT2D eigenvalue weighted by Crippen LogP contribution is 2.38. The second kappa shape index (κ2) is 9.28. The monoisotopic (exact) mass is 462 g/mol. The highest BCUT2D eigenvalue weighted by Gasteiger charge is 2.31. The lowest BCUT2D eigenvalue weighted by atomic mass is 9.99. The number of likely N-dealkylation sites (tertiary alicyclic amines) is 1. The Bertz CT molecular complexity index is 1220. The van der Waals surface area contributed by atoms with Crippen LogP contribution < -0.4 is 9.47 Å². The second-order valence-electron chi connectivity index (χ2n) is 9.72. The van der Waals surface area contributed by atoms with Crippen LogP contribution in [0.5, 0.6) is 11.5 Å². The van der Waals surface area contributed by atoms with Crippen LogP contribution in [0.2, 0.25) is 0 Å². The summed E-state index contributed by atoms with van der Waals surface area (Å²) in [6.07, 6.45) is 5.96. The van der Waals surface area contributed by atoms with E-state index >= 15 is 0 Å². The van der Waals surface area contributed by atoms with E-state index in [1.165, 1.54) is 5.56 Å². The van der Waals surface area contributed by atoms with Gasteiger partial charge in [-0.05, 0) is 75.8 Å². The number of carbonyl (C=O) groups is 1. The molecule has 0 N–H and O–H groups in total. The molecular formula is C27H34N4O3. The maximum atomic E-state index is 13.4. The van der Waals surface area contributed by atoms with Crippen molar-refractivity contribution in [3.63, 3.8) is 0 Å². The number of hydrogen-bond acceptors (Lipinski definition) is 5. The third-order valence-corrected chi connectivity index (χ3v) is 7.14. The molecule has 2 aliphatic rings. The number of aromatic nitrogens is 3. The zero-order chi connectivity index (χ0) is 23.8. The third kappa shape index (κ3) is 4.12. The predicted molar refractivity (Wildman–Crippen MR) is 131 cm³/mol. The number of aryl methyl sites for hydroxylation is 2. The highest BCUT2D eigenvalue weighted by atomic mass is 16.5. The van der Waals surface area contributed by atoms with Crippen molar-refractivity contribution in [2.75, 3.05) is 19.8 Å². The minimum atomic E-state index is 0.0942. The molecular weight excluding hydrogens is 428 g/mol. The number of fused-ring (bicyclic) bond motifs is 2. The topological polar surface area (TPSA) is 69.5 Å². The maximum absolute atomic E-state index is 13.4. The number of benzene rings is 1. The van der Waals surface area contributed by atoms with E-state index in [1.807, 2.05) is 28.8 Å². The molecule has 1 fully saturated rings. The van der Waals surface area contributed by atoms with Gasteiger partial charge in [-0.15, -0.1) is 0 Å². The lowest BCUT2D eigenvalue weighted by molar-refractivity contribution is -0.132. The first kappa shape index (κ1) is 22.7. The quantitative estimate of drug-likeness (QED) is 0.528. The molecule has 180 valence electrons. The van der Waals surface area contributed by atoms with E-state index in [2.05, 4.69) is 38.0 Å². The molecule has 7 nitrogen and oxygen atoms in total. The third-order valence-electron chi connectivity index (χ3n) is 7.14. The van der Waals surface area contributed by atoms with Crippen molar-refractivity contribution in [2.45, 2.75) is 71.9 Å². The first-order valence-electron chi connectivity index (χ1n) is 12.5. The maximum Gasteiger partial charge on any atom is 0.223 e. The van der Waals surface area contributed by atoms with Gasteiger partial charge in [0.05, 0.1) is 25.5 Å². The average Bonchev–Trinajstić information content (AvgIpc) is 3.40. The van der Waals surface area contributed by atoms with E-state index in [9.17, 15) is 4.79 Å². The standard InChI is InChI=1S/C27H34N4O3/c1-17(2)31-27-22(16-28-31)18(3)21(19(4)29-27)9-11-26(32)30-12-5-7-23(30)20-8-10-24-25(15-20)34-14-6-13-33-24/h8,10,15-17,23H,5-7,9,11-14H2,1-4H3/t23-/m0/s1. The Labute approximate surface area is 201 Å². The van der Waals surface area contributed by atoms with Gasteiger partial charge in [-0.2, -0.15) is 5.10 Å². The first-order chi connectivity index (χ1) is 16.4. The van der Waals surface area contributed by atoms with Crippen LogP contribution in [0.4, 0.5) is 0 Å². The Morgan fingerprint density at radius 3 is 2.74 bits per heavy atom. The summed E-state index contributed by atoms with van der Waals surface area (Å²) in [5, 5.41) is 5.61. The van der Waals surface area contributed by atoms with Gasteiger partial charge in [0.25, 0.3) is 0 Å². The molecule has 2 aliphatic heterocycles. The number of rotatable bonds is 5. The van der Waals surface area contributed by atoms with Crippen LogP contribution >= 0.6 is 0 Å². The summed E-state index contributed by atoms with van der Waals surface area (Å²) >= 11 is 0. The summed E-state index contributed by atoms with van der Waals surface area (Å²) in [7, 11) is 0. The SMILES string of the molecule is Cc1nc2c(cnn2C(C)C)c(C)c1CCC(=O)N1CCC[C@H]1c1ccc2c(c1)OCCCO2. The van der Waals surface area contributed by atoms with Crippen LogP contribution in [-0.2, 0) is 11.2 Å². The van der Waals surface area contributed by atoms with Gasteiger partial charge >= 0.3 is 0 Å². The molecule has 1 atom stereocenters. The number of nitrogens with zero attached hydrogens (tertiary/aromatic N) is 4. The average molecular weight is 463 g/mol. The highest BCUT2D eigenvalue weighted by molar-refractivity contribution is 5.81. The van der Waals surface area contributed by atoms with E-state index < -0.39 is 0 Å². The Morgan fingerprint density at radius 2 is 1.94 bits per heavy atom. The fourth-order valence-electron chi connectivity index (χ4n) is 5.31. The zero-order valence-electron chi connectivity index (χ0n) is 20.6. The van der Waals surface area contributed by atoms with Gasteiger partial charge in [-0.1, -0.05) is 6.07 Å². The molecule has 7 heteroatoms. The van der Waals surface area contributed by atoms with Gasteiger partial charge in [0, 0.05) is 36.5 Å². The van der Waals surface area contributed by atoms with Crippen LogP contribution in [0, 0.1) is 13.8 Å². The Kier molecular flexibility index (Phi) is 6.19. The smallest absolute Gasteiger partial charge is 0.223 e. The van der Waals surface area contributed by atoms with Crippen LogP contribution in [-0.4, -0.2) is 45.3 Å². The Hall–Kier alpha value is -3.09. The van der Waals surface area contributed by atoms with Gasteiger partial charge in [0.1, 0.15) is 0 Å². The summed E-state index contributed by atoms with van der Waals surface area (Å²) < 4.78 is 13.6. The van der Waals surface area contributed by atoms with Crippen molar-refractivity contribution < 1.29 is 14.3 Å². The molecule has 0 aliphatic carbocycles. The van der Waals surface area contributed by atoms with Gasteiger partial charge in [-0.3, -0.25) is 4.79 Å². The first-order valence-corrected chi connectivity index (χ1v) is 12.5. The van der Waals surface area contributed by atoms with E-state index in [0.29, 0.717) is 26.1 Å². The Balaban J connectivity index is 1.33. The van der Waals surface area contributed by atoms with E-state index in [1.54, 1.807) is 0 Å². The molecule has 4 heterocycles. The lowest BCUT2D eigenvalue weighted by Crippen LogP contribution is -2.30. The predicted octanol–water partition coefficient (Wildman–Crippen LogP) is 5.09. The molecule has 0 radical (unpaired) electrons. The largest absolute Gasteiger partial charge is 0.490 e. The molecule has 3 aromatic rings. The van der Waals surface area contributed by atoms with Crippen molar-refractivity contribution in [2.24, 2.45) is 0 Å². The summed E-state index contributed by atoms with van der Waals surface area (Å²) in [5.74, 6) is 1.79. The summed E-state index contributed by atoms with van der Waals surface area (Å²) in [5.41, 5.74) is 5.39. The fourth-order valence-corrected chi connectivity index (χ4v) is 5.31. The van der Waals surface area contributed by atoms with Gasteiger partial charge in [0.15, 0.2) is 17.1 Å². The number of pyridine rings is 1. The molecule has 1 amide bonds. The number of carbonyl (C=O) groups excluding carboxylic acids is 1. The Morgan fingerprint density at radius 1 is 1.15 bits per heavy atom. The molecule has 0 bridgehead atoms. The van der Waals surface area contributed by atoms with Crippen molar-refractivity contribution in [3.8, 4) is 11.5 Å². The molecule has 0 saturated carbocycles. The van der Waals surface area contributed by atoms with Crippen LogP contribution in [0.1, 0.15) is 74.0 Å². The second-order valence-corrected chi connectivity index (χ2v) is 9.72. The molecule has 34 heavy (non-hydrogen) atoms. The molecule has 0 unspecified atom stereocenters. The van der Waals surface area contributed by atoms with Gasteiger partial charge < -0.3 is 14.4 Å². The molecule has 0 spiro atoms. The van der Waals surface area contributed by atoms with E-state index in [0.717, 1.165) is 65.2 Å². The lowest BCUT2D eigenvalue weighted by Gasteiger charge is -2.26. The van der Waals surface area contributed by atoms with Crippen LogP contribution in [0.3, 0.4) is 0 Å². The molecule has 5 rings (SSSR count). The zero-order valence-corrected chi connectivity index (χ0v) is 20.6. The summed E-state index contributed by atoms with van der Waals surface area (Å²) in [4.78, 5) is 20.3. The minimum absolute atomic E-state index is 0.0942. The molecule has 2 aromatic heterocycles. The van der Waals surface area contributed by atoms with Crippen molar-refractivity contribution in [3.05, 3.63) is 46.8 Å². The summed E-state index contributed by atoms with van der Waals surface area (Å²) in [6.45, 7) is 10.5.